The topological polar surface area (TPSA) is 124 Å². The van der Waals surface area contributed by atoms with E-state index in [0.29, 0.717) is 6.42 Å². The molecule has 0 aliphatic carbocycles. The predicted molar refractivity (Wildman–Crippen MR) is 167 cm³/mol. The number of allylic oxidation sites excluding steroid dienone is 1. The van der Waals surface area contributed by atoms with Gasteiger partial charge in [0.2, 0.25) is 5.91 Å². The van der Waals surface area contributed by atoms with Crippen molar-refractivity contribution < 1.29 is 28.0 Å². The van der Waals surface area contributed by atoms with Crippen molar-refractivity contribution in [2.75, 3.05) is 5.75 Å². The number of unbranched alkanes of at least 4 members (excludes halogenated alkanes) is 20. The Morgan fingerprint density at radius 2 is 1.07 bits per heavy atom. The number of carbonyl (C=O) groups excluding carboxylic acids is 1. The summed E-state index contributed by atoms with van der Waals surface area (Å²) >= 11 is 0. The normalized spacial score (nSPS) is 14.4. The van der Waals surface area contributed by atoms with Gasteiger partial charge in [-0.2, -0.15) is 8.42 Å². The Kier molecular flexibility index (Phi) is 26.3. The minimum Gasteiger partial charge on any atom is -0.387 e. The second-order valence-corrected chi connectivity index (χ2v) is 13.1. The zero-order valence-electron chi connectivity index (χ0n) is 25.8. The van der Waals surface area contributed by atoms with E-state index in [1.807, 2.05) is 0 Å². The van der Waals surface area contributed by atoms with E-state index in [4.69, 9.17) is 0 Å². The fourth-order valence-electron chi connectivity index (χ4n) is 4.98. The van der Waals surface area contributed by atoms with E-state index in [1.54, 1.807) is 6.08 Å². The first kappa shape index (κ1) is 39.0. The van der Waals surface area contributed by atoms with E-state index in [0.717, 1.165) is 51.4 Å². The molecular weight excluding hydrogens is 526 g/mol. The van der Waals surface area contributed by atoms with Gasteiger partial charge in [0, 0.05) is 0 Å². The van der Waals surface area contributed by atoms with E-state index in [1.165, 1.54) is 89.5 Å². The van der Waals surface area contributed by atoms with Gasteiger partial charge >= 0.3 is 0 Å². The molecule has 238 valence electrons. The first-order valence-corrected chi connectivity index (χ1v) is 18.1. The number of hydrogen-bond acceptors (Lipinski definition) is 5. The van der Waals surface area contributed by atoms with Crippen LogP contribution < -0.4 is 5.32 Å². The predicted octanol–water partition coefficient (Wildman–Crippen LogP) is 7.65. The third kappa shape index (κ3) is 26.0. The summed E-state index contributed by atoms with van der Waals surface area (Å²) in [6, 6.07) is -1.22. The first-order chi connectivity index (χ1) is 19.2. The fourth-order valence-corrected chi connectivity index (χ4v) is 5.72. The first-order valence-electron chi connectivity index (χ1n) is 16.5. The summed E-state index contributed by atoms with van der Waals surface area (Å²) in [6.07, 6.45) is 27.2. The van der Waals surface area contributed by atoms with Crippen LogP contribution in [0.3, 0.4) is 0 Å². The van der Waals surface area contributed by atoms with Crippen LogP contribution in [0, 0.1) is 0 Å². The van der Waals surface area contributed by atoms with Crippen LogP contribution in [0.4, 0.5) is 0 Å². The molecular formula is C32H63NO6S. The van der Waals surface area contributed by atoms with Crippen LogP contribution in [0.25, 0.3) is 0 Å². The lowest BCUT2D eigenvalue weighted by atomic mass is 10.0. The van der Waals surface area contributed by atoms with Gasteiger partial charge in [-0.1, -0.05) is 154 Å². The molecule has 8 heteroatoms. The van der Waals surface area contributed by atoms with Crippen molar-refractivity contribution in [3.8, 4) is 0 Å². The Morgan fingerprint density at radius 1 is 0.675 bits per heavy atom. The molecule has 0 rings (SSSR count). The number of rotatable bonds is 29. The lowest BCUT2D eigenvalue weighted by molar-refractivity contribution is -0.130. The molecule has 0 aromatic rings. The Bertz CT molecular complexity index is 712. The maximum atomic E-state index is 12.4. The maximum absolute atomic E-state index is 12.4. The van der Waals surface area contributed by atoms with E-state index in [2.05, 4.69) is 19.2 Å². The molecule has 1 amide bonds. The standard InChI is InChI=1S/C32H63NO6S/c1-3-5-7-9-11-12-13-14-15-16-17-18-19-21-23-25-27-31(35)32(36)33-29(28-40(37,38)39)30(34)26-24-22-20-10-8-6-4-2/h24,26,29-31,34-35H,3-23,25,27-28H2,1-2H3,(H,33,36)(H,37,38,39)/b26-24+. The molecule has 7 nitrogen and oxygen atoms in total. The summed E-state index contributed by atoms with van der Waals surface area (Å²) < 4.78 is 32.1. The Hall–Kier alpha value is -0.960. The quantitative estimate of drug-likeness (QED) is 0.0404. The Balaban J connectivity index is 4.04. The molecule has 3 atom stereocenters. The van der Waals surface area contributed by atoms with Crippen LogP contribution in [0.1, 0.15) is 162 Å². The molecule has 0 spiro atoms. The molecule has 0 bridgehead atoms. The number of carbonyl (C=O) groups is 1. The number of hydrogen-bond donors (Lipinski definition) is 4. The van der Waals surface area contributed by atoms with Crippen molar-refractivity contribution >= 4 is 16.0 Å². The minimum absolute atomic E-state index is 0.284. The summed E-state index contributed by atoms with van der Waals surface area (Å²) in [5.41, 5.74) is 0. The highest BCUT2D eigenvalue weighted by Gasteiger charge is 2.27. The van der Waals surface area contributed by atoms with Crippen molar-refractivity contribution in [3.05, 3.63) is 12.2 Å². The van der Waals surface area contributed by atoms with Gasteiger partial charge in [0.1, 0.15) is 6.10 Å². The summed E-state index contributed by atoms with van der Waals surface area (Å²) in [5.74, 6) is -1.53. The zero-order chi connectivity index (χ0) is 29.9. The molecule has 4 N–H and O–H groups in total. The van der Waals surface area contributed by atoms with Gasteiger partial charge in [-0.05, 0) is 19.3 Å². The number of nitrogens with one attached hydrogen (secondary N) is 1. The van der Waals surface area contributed by atoms with E-state index < -0.39 is 40.0 Å². The monoisotopic (exact) mass is 589 g/mol. The minimum atomic E-state index is -4.42. The number of amides is 1. The summed E-state index contributed by atoms with van der Waals surface area (Å²) in [6.45, 7) is 4.41. The van der Waals surface area contributed by atoms with E-state index in [9.17, 15) is 28.0 Å². The second kappa shape index (κ2) is 26.9. The van der Waals surface area contributed by atoms with Gasteiger partial charge in [0.15, 0.2) is 0 Å². The molecule has 0 fully saturated rings. The molecule has 3 unspecified atom stereocenters. The van der Waals surface area contributed by atoms with Crippen LogP contribution in [0.5, 0.6) is 0 Å². The highest BCUT2D eigenvalue weighted by atomic mass is 32.2. The molecule has 0 aliphatic heterocycles. The molecule has 0 heterocycles. The van der Waals surface area contributed by atoms with E-state index in [-0.39, 0.29) is 6.42 Å². The molecule has 0 aliphatic rings. The van der Waals surface area contributed by atoms with Crippen molar-refractivity contribution in [2.24, 2.45) is 0 Å². The van der Waals surface area contributed by atoms with Crippen LogP contribution in [-0.4, -0.2) is 53.1 Å². The van der Waals surface area contributed by atoms with E-state index >= 15 is 0 Å². The average molecular weight is 590 g/mol. The summed E-state index contributed by atoms with van der Waals surface area (Å²) in [4.78, 5) is 12.4. The van der Waals surface area contributed by atoms with Crippen LogP contribution in [0.15, 0.2) is 12.2 Å². The summed E-state index contributed by atoms with van der Waals surface area (Å²) in [7, 11) is -4.42. The SMILES string of the molecule is CCCCCCC/C=C/C(O)C(CS(=O)(=O)O)NC(=O)C(O)CCCCCCCCCCCCCCCCCC. The molecule has 0 aromatic carbocycles. The van der Waals surface area contributed by atoms with Crippen molar-refractivity contribution in [3.63, 3.8) is 0 Å². The van der Waals surface area contributed by atoms with Gasteiger partial charge in [-0.25, -0.2) is 0 Å². The maximum Gasteiger partial charge on any atom is 0.267 e. The highest BCUT2D eigenvalue weighted by Crippen LogP contribution is 2.15. The number of aliphatic hydroxyl groups is 2. The third-order valence-corrected chi connectivity index (χ3v) is 8.35. The molecule has 40 heavy (non-hydrogen) atoms. The lowest BCUT2D eigenvalue weighted by Crippen LogP contribution is -2.50. The molecule has 0 aromatic heterocycles. The van der Waals surface area contributed by atoms with Crippen molar-refractivity contribution in [1.29, 1.82) is 0 Å². The fraction of sp³-hybridized carbons (Fsp3) is 0.906. The van der Waals surface area contributed by atoms with Gasteiger partial charge < -0.3 is 15.5 Å². The third-order valence-electron chi connectivity index (χ3n) is 7.57. The van der Waals surface area contributed by atoms with Crippen molar-refractivity contribution in [2.45, 2.75) is 180 Å². The second-order valence-electron chi connectivity index (χ2n) is 11.6. The smallest absolute Gasteiger partial charge is 0.267 e. The largest absolute Gasteiger partial charge is 0.387 e. The van der Waals surface area contributed by atoms with Gasteiger partial charge in [-0.15, -0.1) is 0 Å². The van der Waals surface area contributed by atoms with Crippen LogP contribution in [0.2, 0.25) is 0 Å². The van der Waals surface area contributed by atoms with Crippen LogP contribution >= 0.6 is 0 Å². The number of aliphatic hydroxyl groups excluding tert-OH is 2. The summed E-state index contributed by atoms with van der Waals surface area (Å²) in [5, 5.41) is 23.1. The van der Waals surface area contributed by atoms with Crippen molar-refractivity contribution in [1.82, 2.24) is 5.32 Å². The van der Waals surface area contributed by atoms with Crippen LogP contribution in [-0.2, 0) is 14.9 Å². The molecule has 0 saturated heterocycles. The van der Waals surface area contributed by atoms with Gasteiger partial charge in [0.25, 0.3) is 10.1 Å². The molecule has 0 radical (unpaired) electrons. The average Bonchev–Trinajstić information content (AvgIpc) is 2.90. The lowest BCUT2D eigenvalue weighted by Gasteiger charge is -2.22. The highest BCUT2D eigenvalue weighted by molar-refractivity contribution is 7.85. The molecule has 0 saturated carbocycles. The Morgan fingerprint density at radius 3 is 1.50 bits per heavy atom. The Labute approximate surface area is 246 Å². The zero-order valence-corrected chi connectivity index (χ0v) is 26.6. The van der Waals surface area contributed by atoms with Gasteiger partial charge in [0.05, 0.1) is 17.9 Å². The van der Waals surface area contributed by atoms with Gasteiger partial charge in [-0.3, -0.25) is 9.35 Å².